The third-order valence-electron chi connectivity index (χ3n) is 3.04. The van der Waals surface area contributed by atoms with Crippen LogP contribution in [0.3, 0.4) is 0 Å². The third-order valence-corrected chi connectivity index (χ3v) is 3.04. The monoisotopic (exact) mass is 318 g/mol. The van der Waals surface area contributed by atoms with E-state index < -0.39 is 5.91 Å². The second kappa shape index (κ2) is 10.2. The summed E-state index contributed by atoms with van der Waals surface area (Å²) >= 11 is 0. The van der Waals surface area contributed by atoms with Gasteiger partial charge >= 0.3 is 0 Å². The summed E-state index contributed by atoms with van der Waals surface area (Å²) < 4.78 is 15.5. The Kier molecular flexibility index (Phi) is 8.25. The van der Waals surface area contributed by atoms with Crippen LogP contribution < -0.4 is 14.8 Å². The van der Waals surface area contributed by atoms with Crippen molar-refractivity contribution in [3.63, 3.8) is 0 Å². The summed E-state index contributed by atoms with van der Waals surface area (Å²) in [4.78, 5) is 12.0. The maximum absolute atomic E-state index is 12.0. The average molecular weight is 318 g/mol. The number of rotatable bonds is 9. The Hall–Kier alpha value is -2.52. The zero-order chi connectivity index (χ0) is 17.1. The van der Waals surface area contributed by atoms with E-state index in [1.54, 1.807) is 25.3 Å². The van der Waals surface area contributed by atoms with Crippen LogP contribution in [0.4, 0.5) is 0 Å². The molecule has 0 aliphatic rings. The maximum Gasteiger partial charge on any atom is 0.261 e. The van der Waals surface area contributed by atoms with Crippen LogP contribution in [-0.2, 0) is 9.53 Å². The van der Waals surface area contributed by atoms with Gasteiger partial charge in [-0.15, -0.1) is 0 Å². The molecule has 6 nitrogen and oxygen atoms in total. The van der Waals surface area contributed by atoms with E-state index in [1.165, 1.54) is 13.2 Å². The van der Waals surface area contributed by atoms with E-state index in [9.17, 15) is 4.79 Å². The van der Waals surface area contributed by atoms with Crippen molar-refractivity contribution in [2.75, 3.05) is 34.0 Å². The van der Waals surface area contributed by atoms with Gasteiger partial charge in [0.1, 0.15) is 11.6 Å². The molecule has 1 aromatic carbocycles. The van der Waals surface area contributed by atoms with Gasteiger partial charge < -0.3 is 19.5 Å². The van der Waals surface area contributed by atoms with Crippen LogP contribution >= 0.6 is 0 Å². The standard InChI is InChI=1S/C17H22N2O4/c1-4-23-9-5-8-19-17(20)14(12-18)10-13-6-7-15(21-2)16(11-13)22-3/h6-7,10-11H,4-5,8-9H2,1-3H3,(H,19,20)/b14-10+. The lowest BCUT2D eigenvalue weighted by atomic mass is 10.1. The van der Waals surface area contributed by atoms with Crippen molar-refractivity contribution in [3.05, 3.63) is 29.3 Å². The highest BCUT2D eigenvalue weighted by Gasteiger charge is 2.10. The van der Waals surface area contributed by atoms with Gasteiger partial charge in [0.25, 0.3) is 5.91 Å². The number of nitrogens with zero attached hydrogens (tertiary/aromatic N) is 1. The Morgan fingerprint density at radius 3 is 2.65 bits per heavy atom. The molecular weight excluding hydrogens is 296 g/mol. The largest absolute Gasteiger partial charge is 0.493 e. The average Bonchev–Trinajstić information content (AvgIpc) is 2.58. The smallest absolute Gasteiger partial charge is 0.261 e. The topological polar surface area (TPSA) is 80.6 Å². The lowest BCUT2D eigenvalue weighted by Crippen LogP contribution is -2.26. The Morgan fingerprint density at radius 1 is 1.30 bits per heavy atom. The zero-order valence-corrected chi connectivity index (χ0v) is 13.7. The van der Waals surface area contributed by atoms with Gasteiger partial charge in [-0.1, -0.05) is 6.07 Å². The Bertz CT molecular complexity index is 591. The van der Waals surface area contributed by atoms with Crippen molar-refractivity contribution >= 4 is 12.0 Å². The van der Waals surface area contributed by atoms with Gasteiger partial charge in [-0.25, -0.2) is 0 Å². The molecule has 0 saturated carbocycles. The van der Waals surface area contributed by atoms with Gasteiger partial charge in [-0.3, -0.25) is 4.79 Å². The molecule has 0 unspecified atom stereocenters. The molecule has 1 aromatic rings. The number of nitriles is 1. The highest BCUT2D eigenvalue weighted by atomic mass is 16.5. The number of nitrogens with one attached hydrogen (secondary N) is 1. The second-order valence-electron chi connectivity index (χ2n) is 4.59. The first kappa shape index (κ1) is 18.5. The van der Waals surface area contributed by atoms with Crippen molar-refractivity contribution in [1.29, 1.82) is 5.26 Å². The summed E-state index contributed by atoms with van der Waals surface area (Å²) in [5.41, 5.74) is 0.720. The Balaban J connectivity index is 2.75. The molecule has 0 fully saturated rings. The number of methoxy groups -OCH3 is 2. The molecule has 0 saturated heterocycles. The first-order valence-electron chi connectivity index (χ1n) is 7.36. The molecule has 124 valence electrons. The molecule has 0 radical (unpaired) electrons. The molecule has 0 aromatic heterocycles. The van der Waals surface area contributed by atoms with Crippen LogP contribution in [0.5, 0.6) is 11.5 Å². The molecule has 0 aliphatic heterocycles. The van der Waals surface area contributed by atoms with Crippen LogP contribution in [-0.4, -0.2) is 39.9 Å². The highest BCUT2D eigenvalue weighted by Crippen LogP contribution is 2.28. The molecular formula is C17H22N2O4. The van der Waals surface area contributed by atoms with E-state index in [1.807, 2.05) is 13.0 Å². The summed E-state index contributed by atoms with van der Waals surface area (Å²) in [6.45, 7) is 3.61. The number of carbonyl (C=O) groups is 1. The fourth-order valence-electron chi connectivity index (χ4n) is 1.87. The van der Waals surface area contributed by atoms with Crippen molar-refractivity contribution in [1.82, 2.24) is 5.32 Å². The summed E-state index contributed by atoms with van der Waals surface area (Å²) in [5, 5.41) is 11.9. The number of ether oxygens (including phenoxy) is 3. The van der Waals surface area contributed by atoms with Gasteiger partial charge in [-0.2, -0.15) is 5.26 Å². The van der Waals surface area contributed by atoms with Crippen LogP contribution in [0.15, 0.2) is 23.8 Å². The van der Waals surface area contributed by atoms with Crippen LogP contribution in [0.25, 0.3) is 6.08 Å². The van der Waals surface area contributed by atoms with Gasteiger partial charge in [0.2, 0.25) is 0 Å². The molecule has 1 rings (SSSR count). The van der Waals surface area contributed by atoms with Crippen LogP contribution in [0.1, 0.15) is 18.9 Å². The number of carbonyl (C=O) groups excluding carboxylic acids is 1. The number of hydrogen-bond donors (Lipinski definition) is 1. The van der Waals surface area contributed by atoms with Crippen LogP contribution in [0, 0.1) is 11.3 Å². The molecule has 0 atom stereocenters. The molecule has 0 spiro atoms. The summed E-state index contributed by atoms with van der Waals surface area (Å²) in [7, 11) is 3.07. The minimum atomic E-state index is -0.404. The summed E-state index contributed by atoms with van der Waals surface area (Å²) in [5.74, 6) is 0.720. The normalized spacial score (nSPS) is 10.8. The van der Waals surface area contributed by atoms with Crippen molar-refractivity contribution < 1.29 is 19.0 Å². The first-order valence-corrected chi connectivity index (χ1v) is 7.36. The van der Waals surface area contributed by atoms with Crippen LogP contribution in [0.2, 0.25) is 0 Å². The lowest BCUT2D eigenvalue weighted by Gasteiger charge is -2.08. The third kappa shape index (κ3) is 6.01. The van der Waals surface area contributed by atoms with Crippen molar-refractivity contribution in [3.8, 4) is 17.6 Å². The molecule has 0 heterocycles. The second-order valence-corrected chi connectivity index (χ2v) is 4.59. The van der Waals surface area contributed by atoms with Gasteiger partial charge in [-0.05, 0) is 37.1 Å². The molecule has 23 heavy (non-hydrogen) atoms. The Labute approximate surface area is 136 Å². The first-order chi connectivity index (χ1) is 11.2. The molecule has 1 N–H and O–H groups in total. The molecule has 1 amide bonds. The predicted octanol–water partition coefficient (Wildman–Crippen LogP) is 2.15. The van der Waals surface area contributed by atoms with Gasteiger partial charge in [0.15, 0.2) is 11.5 Å². The van der Waals surface area contributed by atoms with E-state index in [4.69, 9.17) is 19.5 Å². The Morgan fingerprint density at radius 2 is 2.04 bits per heavy atom. The number of hydrogen-bond acceptors (Lipinski definition) is 5. The highest BCUT2D eigenvalue weighted by molar-refractivity contribution is 6.01. The number of amides is 1. The molecule has 6 heteroatoms. The summed E-state index contributed by atoms with van der Waals surface area (Å²) in [6.07, 6.45) is 2.22. The fourth-order valence-corrected chi connectivity index (χ4v) is 1.87. The minimum absolute atomic E-state index is 0.0358. The molecule has 0 aliphatic carbocycles. The van der Waals surface area contributed by atoms with Crippen molar-refractivity contribution in [2.45, 2.75) is 13.3 Å². The number of benzene rings is 1. The van der Waals surface area contributed by atoms with E-state index in [-0.39, 0.29) is 5.57 Å². The summed E-state index contributed by atoms with van der Waals surface area (Å²) in [6, 6.07) is 7.09. The zero-order valence-electron chi connectivity index (χ0n) is 13.7. The van der Waals surface area contributed by atoms with E-state index >= 15 is 0 Å². The van der Waals surface area contributed by atoms with Gasteiger partial charge in [0, 0.05) is 19.8 Å². The molecule has 0 bridgehead atoms. The quantitative estimate of drug-likeness (QED) is 0.429. The lowest BCUT2D eigenvalue weighted by molar-refractivity contribution is -0.117. The van der Waals surface area contributed by atoms with Crippen molar-refractivity contribution in [2.24, 2.45) is 0 Å². The minimum Gasteiger partial charge on any atom is -0.493 e. The predicted molar refractivity (Wildman–Crippen MR) is 87.3 cm³/mol. The fraction of sp³-hybridized carbons (Fsp3) is 0.412. The van der Waals surface area contributed by atoms with Gasteiger partial charge in [0.05, 0.1) is 14.2 Å². The van der Waals surface area contributed by atoms with E-state index in [2.05, 4.69) is 5.32 Å². The van der Waals surface area contributed by atoms with E-state index in [0.29, 0.717) is 43.2 Å². The van der Waals surface area contributed by atoms with E-state index in [0.717, 1.165) is 0 Å². The maximum atomic E-state index is 12.0. The SMILES string of the molecule is CCOCCCNC(=O)/C(C#N)=C/c1ccc(OC)c(OC)c1.